The Morgan fingerprint density at radius 3 is 2.78 bits per heavy atom. The van der Waals surface area contributed by atoms with Crippen LogP contribution in [0.4, 0.5) is 0 Å². The number of nitrogens with one attached hydrogen (secondary N) is 1. The van der Waals surface area contributed by atoms with Crippen LogP contribution in [0.2, 0.25) is 0 Å². The Bertz CT molecular complexity index is 335. The number of amides is 2. The summed E-state index contributed by atoms with van der Waals surface area (Å²) in [6.07, 6.45) is 2.71. The van der Waals surface area contributed by atoms with Crippen molar-refractivity contribution < 1.29 is 14.3 Å². The Balaban J connectivity index is 1.98. The Labute approximate surface area is 107 Å². The monoisotopic (exact) mass is 255 g/mol. The summed E-state index contributed by atoms with van der Waals surface area (Å²) in [5.74, 6) is -0.147. The second-order valence-electron chi connectivity index (χ2n) is 4.86. The SMILES string of the molecule is CNC(=O)C1CCCN1C(=O)C1CCC(CN)O1. The van der Waals surface area contributed by atoms with E-state index in [4.69, 9.17) is 10.5 Å². The van der Waals surface area contributed by atoms with Gasteiger partial charge < -0.3 is 20.7 Å². The summed E-state index contributed by atoms with van der Waals surface area (Å²) >= 11 is 0. The van der Waals surface area contributed by atoms with E-state index in [1.54, 1.807) is 11.9 Å². The summed E-state index contributed by atoms with van der Waals surface area (Å²) in [5.41, 5.74) is 5.53. The predicted octanol–water partition coefficient (Wildman–Crippen LogP) is -0.770. The topological polar surface area (TPSA) is 84.7 Å². The van der Waals surface area contributed by atoms with Gasteiger partial charge in [-0.05, 0) is 25.7 Å². The molecule has 0 aliphatic carbocycles. The highest BCUT2D eigenvalue weighted by atomic mass is 16.5. The van der Waals surface area contributed by atoms with Crippen LogP contribution in [0.15, 0.2) is 0 Å². The van der Waals surface area contributed by atoms with E-state index in [9.17, 15) is 9.59 Å². The molecule has 0 radical (unpaired) electrons. The van der Waals surface area contributed by atoms with Crippen molar-refractivity contribution in [2.24, 2.45) is 5.73 Å². The van der Waals surface area contributed by atoms with E-state index in [0.29, 0.717) is 19.5 Å². The van der Waals surface area contributed by atoms with Crippen LogP contribution < -0.4 is 11.1 Å². The zero-order chi connectivity index (χ0) is 13.1. The maximum atomic E-state index is 12.3. The lowest BCUT2D eigenvalue weighted by Gasteiger charge is -2.26. The van der Waals surface area contributed by atoms with Gasteiger partial charge in [0, 0.05) is 20.1 Å². The number of hydrogen-bond donors (Lipinski definition) is 2. The first-order chi connectivity index (χ1) is 8.67. The molecule has 2 aliphatic rings. The summed E-state index contributed by atoms with van der Waals surface area (Å²) in [4.78, 5) is 25.7. The molecule has 6 nitrogen and oxygen atoms in total. The number of rotatable bonds is 3. The van der Waals surface area contributed by atoms with Crippen molar-refractivity contribution in [2.45, 2.75) is 43.9 Å². The first-order valence-electron chi connectivity index (χ1n) is 6.55. The lowest BCUT2D eigenvalue weighted by Crippen LogP contribution is -2.48. The Morgan fingerprint density at radius 2 is 2.17 bits per heavy atom. The normalized spacial score (nSPS) is 31.7. The van der Waals surface area contributed by atoms with E-state index in [-0.39, 0.29) is 24.0 Å². The zero-order valence-corrected chi connectivity index (χ0v) is 10.7. The largest absolute Gasteiger partial charge is 0.364 e. The van der Waals surface area contributed by atoms with Crippen LogP contribution in [0.5, 0.6) is 0 Å². The van der Waals surface area contributed by atoms with E-state index < -0.39 is 6.10 Å². The molecule has 0 spiro atoms. The fourth-order valence-corrected chi connectivity index (χ4v) is 2.72. The number of ether oxygens (including phenoxy) is 1. The van der Waals surface area contributed by atoms with Gasteiger partial charge in [-0.25, -0.2) is 0 Å². The highest BCUT2D eigenvalue weighted by Crippen LogP contribution is 2.25. The lowest BCUT2D eigenvalue weighted by molar-refractivity contribution is -0.147. The first kappa shape index (κ1) is 13.3. The van der Waals surface area contributed by atoms with Crippen LogP contribution in [-0.2, 0) is 14.3 Å². The van der Waals surface area contributed by atoms with E-state index in [1.165, 1.54) is 0 Å². The molecule has 0 aromatic rings. The van der Waals surface area contributed by atoms with Gasteiger partial charge in [0.1, 0.15) is 12.1 Å². The minimum Gasteiger partial charge on any atom is -0.364 e. The third-order valence-electron chi connectivity index (χ3n) is 3.73. The van der Waals surface area contributed by atoms with Gasteiger partial charge in [0.2, 0.25) is 5.91 Å². The number of carbonyl (C=O) groups excluding carboxylic acids is 2. The number of likely N-dealkylation sites (N-methyl/N-ethyl adjacent to an activating group) is 1. The molecular weight excluding hydrogens is 234 g/mol. The minimum atomic E-state index is -0.413. The molecule has 0 bridgehead atoms. The highest BCUT2D eigenvalue weighted by Gasteiger charge is 2.39. The quantitative estimate of drug-likeness (QED) is 0.693. The number of carbonyl (C=O) groups is 2. The molecule has 2 fully saturated rings. The second-order valence-corrected chi connectivity index (χ2v) is 4.86. The second kappa shape index (κ2) is 5.67. The van der Waals surface area contributed by atoms with Crippen LogP contribution in [0.25, 0.3) is 0 Å². The Kier molecular flexibility index (Phi) is 4.19. The van der Waals surface area contributed by atoms with E-state index in [2.05, 4.69) is 5.32 Å². The smallest absolute Gasteiger partial charge is 0.252 e. The van der Waals surface area contributed by atoms with E-state index >= 15 is 0 Å². The maximum absolute atomic E-state index is 12.3. The molecule has 2 amide bonds. The van der Waals surface area contributed by atoms with Gasteiger partial charge in [0.05, 0.1) is 6.10 Å². The molecule has 2 heterocycles. The molecule has 3 atom stereocenters. The molecule has 3 N–H and O–H groups in total. The van der Waals surface area contributed by atoms with Crippen LogP contribution in [0.3, 0.4) is 0 Å². The molecule has 18 heavy (non-hydrogen) atoms. The van der Waals surface area contributed by atoms with Gasteiger partial charge in [-0.15, -0.1) is 0 Å². The van der Waals surface area contributed by atoms with Crippen LogP contribution in [0, 0.1) is 0 Å². The third-order valence-corrected chi connectivity index (χ3v) is 3.73. The first-order valence-corrected chi connectivity index (χ1v) is 6.55. The van der Waals surface area contributed by atoms with Crippen LogP contribution in [-0.4, -0.2) is 55.1 Å². The van der Waals surface area contributed by atoms with Crippen molar-refractivity contribution >= 4 is 11.8 Å². The van der Waals surface area contributed by atoms with Crippen LogP contribution >= 0.6 is 0 Å². The standard InChI is InChI=1S/C12H21N3O3/c1-14-11(16)9-3-2-6-15(9)12(17)10-5-4-8(7-13)18-10/h8-10H,2-7,13H2,1H3,(H,14,16). The summed E-state index contributed by atoms with van der Waals surface area (Å²) in [5, 5.41) is 2.61. The Hall–Kier alpha value is -1.14. The van der Waals surface area contributed by atoms with Crippen LogP contribution in [0.1, 0.15) is 25.7 Å². The van der Waals surface area contributed by atoms with Gasteiger partial charge in [-0.2, -0.15) is 0 Å². The lowest BCUT2D eigenvalue weighted by atomic mass is 10.1. The van der Waals surface area contributed by atoms with Gasteiger partial charge in [-0.1, -0.05) is 0 Å². The van der Waals surface area contributed by atoms with Gasteiger partial charge in [0.15, 0.2) is 0 Å². The molecule has 3 unspecified atom stereocenters. The Morgan fingerprint density at radius 1 is 1.39 bits per heavy atom. The highest BCUT2D eigenvalue weighted by molar-refractivity contribution is 5.90. The molecule has 6 heteroatoms. The molecule has 2 aliphatic heterocycles. The fourth-order valence-electron chi connectivity index (χ4n) is 2.72. The third kappa shape index (κ3) is 2.49. The minimum absolute atomic E-state index is 0.0139. The molecule has 2 saturated heterocycles. The molecule has 102 valence electrons. The number of hydrogen-bond acceptors (Lipinski definition) is 4. The van der Waals surface area contributed by atoms with Gasteiger partial charge in [0.25, 0.3) is 5.91 Å². The summed E-state index contributed by atoms with van der Waals surface area (Å²) in [6, 6.07) is -0.331. The van der Waals surface area contributed by atoms with Crippen molar-refractivity contribution in [1.29, 1.82) is 0 Å². The molecule has 2 rings (SSSR count). The van der Waals surface area contributed by atoms with Crippen molar-refractivity contribution in [1.82, 2.24) is 10.2 Å². The molecule has 0 saturated carbocycles. The maximum Gasteiger partial charge on any atom is 0.252 e. The number of likely N-dealkylation sites (tertiary alicyclic amines) is 1. The summed E-state index contributed by atoms with van der Waals surface area (Å²) in [6.45, 7) is 1.09. The van der Waals surface area contributed by atoms with Gasteiger partial charge in [-0.3, -0.25) is 9.59 Å². The molecule has 0 aromatic heterocycles. The fraction of sp³-hybridized carbons (Fsp3) is 0.833. The summed E-state index contributed by atoms with van der Waals surface area (Å²) in [7, 11) is 1.60. The number of nitrogens with zero attached hydrogens (tertiary/aromatic N) is 1. The average Bonchev–Trinajstić information content (AvgIpc) is 3.05. The average molecular weight is 255 g/mol. The molecular formula is C12H21N3O3. The van der Waals surface area contributed by atoms with Crippen molar-refractivity contribution in [2.75, 3.05) is 20.1 Å². The summed E-state index contributed by atoms with van der Waals surface area (Å²) < 4.78 is 5.60. The molecule has 0 aromatic carbocycles. The zero-order valence-electron chi connectivity index (χ0n) is 10.7. The number of nitrogens with two attached hydrogens (primary N) is 1. The predicted molar refractivity (Wildman–Crippen MR) is 65.8 cm³/mol. The van der Waals surface area contributed by atoms with Gasteiger partial charge >= 0.3 is 0 Å². The van der Waals surface area contributed by atoms with E-state index in [0.717, 1.165) is 19.3 Å². The van der Waals surface area contributed by atoms with Crippen molar-refractivity contribution in [3.8, 4) is 0 Å². The van der Waals surface area contributed by atoms with Crippen molar-refractivity contribution in [3.63, 3.8) is 0 Å². The van der Waals surface area contributed by atoms with E-state index in [1.807, 2.05) is 0 Å². The van der Waals surface area contributed by atoms with Crippen molar-refractivity contribution in [3.05, 3.63) is 0 Å².